The topological polar surface area (TPSA) is 109 Å². The van der Waals surface area contributed by atoms with Crippen LogP contribution < -0.4 is 21.1 Å². The number of carbonyl (C=O) groups excluding carboxylic acids is 1. The van der Waals surface area contributed by atoms with Gasteiger partial charge in [-0.1, -0.05) is 24.3 Å². The molecule has 0 aromatic heterocycles. The number of benzene rings is 2. The van der Waals surface area contributed by atoms with Crippen molar-refractivity contribution in [1.82, 2.24) is 10.6 Å². The monoisotopic (exact) mass is 534 g/mol. The van der Waals surface area contributed by atoms with Crippen molar-refractivity contribution in [1.29, 1.82) is 0 Å². The number of hydrogen-bond acceptors (Lipinski definition) is 4. The van der Waals surface area contributed by atoms with Gasteiger partial charge >= 0.3 is 6.61 Å². The van der Waals surface area contributed by atoms with Crippen LogP contribution in [0.2, 0.25) is 0 Å². The fraction of sp³-hybridized carbons (Fsp3) is 0.300. The van der Waals surface area contributed by atoms with Gasteiger partial charge in [-0.25, -0.2) is 4.99 Å². The van der Waals surface area contributed by atoms with Crippen LogP contribution >= 0.6 is 24.0 Å². The fourth-order valence-electron chi connectivity index (χ4n) is 2.52. The number of amides is 1. The standard InChI is InChI=1S/C20H24F2N4O3.HI/c1-2-24-20(25-11-13-4-3-5-15(10-13)18(23)28)26-12-17(27)14-6-8-16(9-7-14)29-19(21)22;/h3-10,17,19,27H,2,11-12H2,1H3,(H2,23,28)(H2,24,25,26);1H. The highest BCUT2D eigenvalue weighted by atomic mass is 127. The molecule has 0 spiro atoms. The third-order valence-electron chi connectivity index (χ3n) is 3.93. The van der Waals surface area contributed by atoms with Crippen LogP contribution in [0.15, 0.2) is 53.5 Å². The van der Waals surface area contributed by atoms with Crippen molar-refractivity contribution in [3.05, 3.63) is 65.2 Å². The number of aliphatic hydroxyl groups is 1. The number of hydrogen-bond donors (Lipinski definition) is 4. The Balaban J connectivity index is 0.00000450. The lowest BCUT2D eigenvalue weighted by Gasteiger charge is -2.16. The van der Waals surface area contributed by atoms with Gasteiger partial charge in [-0.05, 0) is 42.3 Å². The van der Waals surface area contributed by atoms with E-state index in [9.17, 15) is 18.7 Å². The first-order valence-corrected chi connectivity index (χ1v) is 9.02. The lowest BCUT2D eigenvalue weighted by atomic mass is 10.1. The van der Waals surface area contributed by atoms with Crippen LogP contribution in [-0.4, -0.2) is 36.7 Å². The molecule has 1 atom stereocenters. The molecule has 0 saturated heterocycles. The molecular weight excluding hydrogens is 509 g/mol. The highest BCUT2D eigenvalue weighted by Crippen LogP contribution is 2.19. The third kappa shape index (κ3) is 8.49. The number of aliphatic hydroxyl groups excluding tert-OH is 1. The zero-order valence-corrected chi connectivity index (χ0v) is 18.7. The molecule has 0 aliphatic heterocycles. The first-order chi connectivity index (χ1) is 13.9. The Labute approximate surface area is 190 Å². The van der Waals surface area contributed by atoms with Crippen molar-refractivity contribution in [2.24, 2.45) is 10.7 Å². The van der Waals surface area contributed by atoms with Crippen LogP contribution in [0, 0.1) is 0 Å². The number of carbonyl (C=O) groups is 1. The second kappa shape index (κ2) is 13.0. The molecule has 7 nitrogen and oxygen atoms in total. The predicted molar refractivity (Wildman–Crippen MR) is 121 cm³/mol. The summed E-state index contributed by atoms with van der Waals surface area (Å²) in [6.45, 7) is 0.0930. The molecule has 0 bridgehead atoms. The van der Waals surface area contributed by atoms with Gasteiger partial charge in [-0.3, -0.25) is 4.79 Å². The molecule has 10 heteroatoms. The Morgan fingerprint density at radius 1 is 1.20 bits per heavy atom. The Bertz CT molecular complexity index is 835. The molecule has 0 heterocycles. The number of nitrogens with zero attached hydrogens (tertiary/aromatic N) is 1. The SMILES string of the molecule is CCNC(=NCc1cccc(C(N)=O)c1)NCC(O)c1ccc(OC(F)F)cc1.I. The highest BCUT2D eigenvalue weighted by molar-refractivity contribution is 14.0. The highest BCUT2D eigenvalue weighted by Gasteiger charge is 2.10. The van der Waals surface area contributed by atoms with E-state index in [0.29, 0.717) is 30.2 Å². The lowest BCUT2D eigenvalue weighted by molar-refractivity contribution is -0.0498. The molecule has 2 aromatic rings. The molecule has 0 radical (unpaired) electrons. The second-order valence-electron chi connectivity index (χ2n) is 6.10. The molecule has 0 aliphatic carbocycles. The Hall–Kier alpha value is -2.47. The summed E-state index contributed by atoms with van der Waals surface area (Å²) in [5.74, 6) is -0.000337. The number of alkyl halides is 2. The van der Waals surface area contributed by atoms with Gasteiger partial charge in [-0.15, -0.1) is 24.0 Å². The Kier molecular flexibility index (Phi) is 11.0. The summed E-state index contributed by atoms with van der Waals surface area (Å²) in [5, 5.41) is 16.4. The van der Waals surface area contributed by atoms with Gasteiger partial charge in [0.15, 0.2) is 5.96 Å². The predicted octanol–water partition coefficient (Wildman–Crippen LogP) is 2.79. The van der Waals surface area contributed by atoms with Gasteiger partial charge in [0, 0.05) is 18.7 Å². The number of guanidine groups is 1. The van der Waals surface area contributed by atoms with Crippen molar-refractivity contribution < 1.29 is 23.4 Å². The molecule has 0 fully saturated rings. The molecule has 0 saturated carbocycles. The molecule has 1 amide bonds. The average Bonchev–Trinajstić information content (AvgIpc) is 2.70. The summed E-state index contributed by atoms with van der Waals surface area (Å²) < 4.78 is 28.7. The van der Waals surface area contributed by atoms with Gasteiger partial charge in [0.25, 0.3) is 0 Å². The van der Waals surface area contributed by atoms with Crippen molar-refractivity contribution in [3.8, 4) is 5.75 Å². The first-order valence-electron chi connectivity index (χ1n) is 9.02. The van der Waals surface area contributed by atoms with Gasteiger partial charge in [-0.2, -0.15) is 8.78 Å². The molecule has 1 unspecified atom stereocenters. The van der Waals surface area contributed by atoms with Crippen LogP contribution in [0.25, 0.3) is 0 Å². The maximum Gasteiger partial charge on any atom is 0.387 e. The molecule has 164 valence electrons. The number of halogens is 3. The Morgan fingerprint density at radius 2 is 1.90 bits per heavy atom. The van der Waals surface area contributed by atoms with E-state index in [1.165, 1.54) is 24.3 Å². The molecule has 0 aliphatic rings. The maximum absolute atomic E-state index is 12.2. The van der Waals surface area contributed by atoms with Crippen LogP contribution in [0.4, 0.5) is 8.78 Å². The largest absolute Gasteiger partial charge is 0.435 e. The van der Waals surface area contributed by atoms with Crippen LogP contribution in [0.5, 0.6) is 5.75 Å². The second-order valence-corrected chi connectivity index (χ2v) is 6.10. The average molecular weight is 534 g/mol. The molecule has 5 N–H and O–H groups in total. The quantitative estimate of drug-likeness (QED) is 0.225. The molecular formula is C20H25F2IN4O3. The normalized spacial score (nSPS) is 12.1. The van der Waals surface area contributed by atoms with Crippen molar-refractivity contribution in [2.75, 3.05) is 13.1 Å². The van der Waals surface area contributed by atoms with Crippen molar-refractivity contribution >= 4 is 35.8 Å². The number of ether oxygens (including phenoxy) is 1. The minimum Gasteiger partial charge on any atom is -0.435 e. The first kappa shape index (κ1) is 25.6. The number of primary amides is 1. The summed E-state index contributed by atoms with van der Waals surface area (Å²) in [6, 6.07) is 12.6. The molecule has 2 rings (SSSR count). The molecule has 30 heavy (non-hydrogen) atoms. The van der Waals surface area contributed by atoms with E-state index in [0.717, 1.165) is 5.56 Å². The van der Waals surface area contributed by atoms with Crippen molar-refractivity contribution in [3.63, 3.8) is 0 Å². The minimum absolute atomic E-state index is 0. The van der Waals surface area contributed by atoms with Gasteiger partial charge in [0.1, 0.15) is 5.75 Å². The summed E-state index contributed by atoms with van der Waals surface area (Å²) >= 11 is 0. The summed E-state index contributed by atoms with van der Waals surface area (Å²) in [7, 11) is 0. The van der Waals surface area contributed by atoms with E-state index in [4.69, 9.17) is 5.73 Å². The minimum atomic E-state index is -2.89. The van der Waals surface area contributed by atoms with E-state index in [-0.39, 0.29) is 36.3 Å². The number of rotatable bonds is 9. The fourth-order valence-corrected chi connectivity index (χ4v) is 2.52. The summed E-state index contributed by atoms with van der Waals surface area (Å²) in [5.41, 5.74) is 7.05. The van der Waals surface area contributed by atoms with Crippen molar-refractivity contribution in [2.45, 2.75) is 26.2 Å². The lowest BCUT2D eigenvalue weighted by Crippen LogP contribution is -2.39. The zero-order chi connectivity index (χ0) is 21.2. The number of nitrogens with one attached hydrogen (secondary N) is 2. The molecule has 2 aromatic carbocycles. The summed E-state index contributed by atoms with van der Waals surface area (Å²) in [4.78, 5) is 15.7. The summed E-state index contributed by atoms with van der Waals surface area (Å²) in [6.07, 6.45) is -0.877. The van der Waals surface area contributed by atoms with E-state index < -0.39 is 18.6 Å². The van der Waals surface area contributed by atoms with Gasteiger partial charge < -0.3 is 26.2 Å². The van der Waals surface area contributed by atoms with Gasteiger partial charge in [0.2, 0.25) is 5.91 Å². The third-order valence-corrected chi connectivity index (χ3v) is 3.93. The van der Waals surface area contributed by atoms with E-state index in [2.05, 4.69) is 20.4 Å². The number of aliphatic imine (C=N–C) groups is 1. The van der Waals surface area contributed by atoms with Crippen LogP contribution in [0.3, 0.4) is 0 Å². The van der Waals surface area contributed by atoms with Gasteiger partial charge in [0.05, 0.1) is 12.6 Å². The van der Waals surface area contributed by atoms with E-state index in [1.807, 2.05) is 13.0 Å². The Morgan fingerprint density at radius 3 is 2.50 bits per heavy atom. The van der Waals surface area contributed by atoms with Crippen LogP contribution in [0.1, 0.15) is 34.5 Å². The smallest absolute Gasteiger partial charge is 0.387 e. The maximum atomic E-state index is 12.2. The van der Waals surface area contributed by atoms with Crippen LogP contribution in [-0.2, 0) is 6.54 Å². The van der Waals surface area contributed by atoms with E-state index >= 15 is 0 Å². The number of nitrogens with two attached hydrogens (primary N) is 1. The zero-order valence-electron chi connectivity index (χ0n) is 16.3. The van der Waals surface area contributed by atoms with E-state index in [1.54, 1.807) is 18.2 Å².